The minimum Gasteiger partial charge on any atom is -0.243 e. The van der Waals surface area contributed by atoms with Crippen LogP contribution in [0.5, 0.6) is 0 Å². The van der Waals surface area contributed by atoms with Gasteiger partial charge in [0.1, 0.15) is 5.69 Å². The number of pyridine rings is 1. The minimum absolute atomic E-state index is 0.410. The second-order valence-electron chi connectivity index (χ2n) is 3.34. The van der Waals surface area contributed by atoms with Gasteiger partial charge in [0.25, 0.3) is 0 Å². The van der Waals surface area contributed by atoms with Crippen LogP contribution >= 0.6 is 0 Å². The Morgan fingerprint density at radius 3 is 2.47 bits per heavy atom. The van der Waals surface area contributed by atoms with Gasteiger partial charge in [-0.25, -0.2) is 4.98 Å². The lowest BCUT2D eigenvalue weighted by Crippen LogP contribution is -2.07. The van der Waals surface area contributed by atoms with E-state index >= 15 is 0 Å². The van der Waals surface area contributed by atoms with Gasteiger partial charge >= 0.3 is 6.18 Å². The normalized spacial score (nSPS) is 12.0. The average Bonchev–Trinajstić information content (AvgIpc) is 2.16. The molecule has 0 aliphatic heterocycles. The van der Waals surface area contributed by atoms with Crippen LogP contribution in [0.25, 0.3) is 10.9 Å². The third-order valence-corrected chi connectivity index (χ3v) is 2.21. The Kier molecular flexibility index (Phi) is 2.14. The molecule has 0 bridgehead atoms. The molecule has 2 rings (SSSR count). The molecule has 15 heavy (non-hydrogen) atoms. The molecule has 4 heteroatoms. The molecule has 0 atom stereocenters. The number of para-hydroxylation sites is 1. The van der Waals surface area contributed by atoms with E-state index in [2.05, 4.69) is 4.98 Å². The summed E-state index contributed by atoms with van der Waals surface area (Å²) in [5.41, 5.74) is 0.315. The van der Waals surface area contributed by atoms with Crippen LogP contribution in [0.1, 0.15) is 11.3 Å². The lowest BCUT2D eigenvalue weighted by molar-refractivity contribution is -0.140. The number of nitrogens with zero attached hydrogens (tertiary/aromatic N) is 1. The molecule has 0 saturated heterocycles. The molecule has 78 valence electrons. The van der Waals surface area contributed by atoms with Crippen LogP contribution in [0.3, 0.4) is 0 Å². The van der Waals surface area contributed by atoms with Crippen molar-refractivity contribution in [3.8, 4) is 0 Å². The number of hydrogen-bond donors (Lipinski definition) is 0. The first-order valence-electron chi connectivity index (χ1n) is 4.42. The van der Waals surface area contributed by atoms with Gasteiger partial charge in [-0.1, -0.05) is 24.3 Å². The van der Waals surface area contributed by atoms with E-state index in [9.17, 15) is 13.2 Å². The number of alkyl halides is 3. The lowest BCUT2D eigenvalue weighted by Gasteiger charge is -2.07. The predicted octanol–water partition coefficient (Wildman–Crippen LogP) is 3.56. The maximum Gasteiger partial charge on any atom is 0.433 e. The van der Waals surface area contributed by atoms with Crippen LogP contribution in [0.4, 0.5) is 13.2 Å². The molecular formula is C11H8F3N. The van der Waals surface area contributed by atoms with Crippen LogP contribution in [0.2, 0.25) is 0 Å². The van der Waals surface area contributed by atoms with Gasteiger partial charge in [0.2, 0.25) is 0 Å². The van der Waals surface area contributed by atoms with E-state index in [-0.39, 0.29) is 0 Å². The fraction of sp³-hybridized carbons (Fsp3) is 0.182. The number of hydrogen-bond acceptors (Lipinski definition) is 1. The summed E-state index contributed by atoms with van der Waals surface area (Å²) in [7, 11) is 0. The number of halogens is 3. The summed E-state index contributed by atoms with van der Waals surface area (Å²) in [5.74, 6) is 0. The smallest absolute Gasteiger partial charge is 0.243 e. The highest BCUT2D eigenvalue weighted by atomic mass is 19.4. The zero-order valence-electron chi connectivity index (χ0n) is 7.97. The zero-order chi connectivity index (χ0) is 11.1. The van der Waals surface area contributed by atoms with Gasteiger partial charge in [-0.15, -0.1) is 0 Å². The summed E-state index contributed by atoms with van der Waals surface area (Å²) in [4.78, 5) is 3.62. The first-order chi connectivity index (χ1) is 6.98. The number of benzene rings is 1. The van der Waals surface area contributed by atoms with Crippen molar-refractivity contribution >= 4 is 10.9 Å². The van der Waals surface area contributed by atoms with Crippen molar-refractivity contribution in [2.45, 2.75) is 13.1 Å². The molecule has 1 aromatic heterocycles. The Balaban J connectivity index is 2.70. The van der Waals surface area contributed by atoms with Crippen molar-refractivity contribution < 1.29 is 13.2 Å². The van der Waals surface area contributed by atoms with Crippen LogP contribution in [-0.4, -0.2) is 4.98 Å². The SMILES string of the molecule is Cc1cccc2ccc(C(F)(F)F)nc12. The topological polar surface area (TPSA) is 12.9 Å². The van der Waals surface area contributed by atoms with Crippen molar-refractivity contribution in [1.82, 2.24) is 4.98 Å². The quantitative estimate of drug-likeness (QED) is 0.649. The number of fused-ring (bicyclic) bond motifs is 1. The van der Waals surface area contributed by atoms with E-state index in [0.717, 1.165) is 17.0 Å². The Hall–Kier alpha value is -1.58. The van der Waals surface area contributed by atoms with Gasteiger partial charge in [-0.3, -0.25) is 0 Å². The van der Waals surface area contributed by atoms with Crippen molar-refractivity contribution in [1.29, 1.82) is 0 Å². The van der Waals surface area contributed by atoms with E-state index in [1.165, 1.54) is 6.07 Å². The van der Waals surface area contributed by atoms with Crippen LogP contribution < -0.4 is 0 Å². The van der Waals surface area contributed by atoms with Crippen molar-refractivity contribution in [3.63, 3.8) is 0 Å². The largest absolute Gasteiger partial charge is 0.433 e. The van der Waals surface area contributed by atoms with E-state index in [1.807, 2.05) is 0 Å². The highest BCUT2D eigenvalue weighted by Crippen LogP contribution is 2.29. The summed E-state index contributed by atoms with van der Waals surface area (Å²) in [5, 5.41) is 0.725. The first kappa shape index (κ1) is 9.96. The Labute approximate surface area is 84.6 Å². The Morgan fingerprint density at radius 1 is 1.07 bits per heavy atom. The predicted molar refractivity (Wildman–Crippen MR) is 51.5 cm³/mol. The monoisotopic (exact) mass is 211 g/mol. The molecule has 0 fully saturated rings. The highest BCUT2D eigenvalue weighted by Gasteiger charge is 2.32. The molecule has 0 amide bonds. The maximum absolute atomic E-state index is 12.4. The molecule has 0 saturated carbocycles. The van der Waals surface area contributed by atoms with Crippen molar-refractivity contribution in [2.24, 2.45) is 0 Å². The van der Waals surface area contributed by atoms with E-state index in [1.54, 1.807) is 25.1 Å². The molecule has 1 aromatic carbocycles. The molecule has 0 N–H and O–H groups in total. The van der Waals surface area contributed by atoms with Crippen LogP contribution in [-0.2, 0) is 6.18 Å². The van der Waals surface area contributed by atoms with Crippen molar-refractivity contribution in [2.75, 3.05) is 0 Å². The second-order valence-corrected chi connectivity index (χ2v) is 3.34. The summed E-state index contributed by atoms with van der Waals surface area (Å²) in [6.45, 7) is 1.75. The van der Waals surface area contributed by atoms with Crippen LogP contribution in [0.15, 0.2) is 30.3 Å². The van der Waals surface area contributed by atoms with E-state index < -0.39 is 11.9 Å². The molecule has 0 aliphatic carbocycles. The summed E-state index contributed by atoms with van der Waals surface area (Å²) >= 11 is 0. The standard InChI is InChI=1S/C11H8F3N/c1-7-3-2-4-8-5-6-9(11(12,13)14)15-10(7)8/h2-6H,1H3. The molecule has 2 aromatic rings. The number of aromatic nitrogens is 1. The van der Waals surface area contributed by atoms with E-state index in [4.69, 9.17) is 0 Å². The molecule has 1 nitrogen and oxygen atoms in total. The summed E-state index contributed by atoms with van der Waals surface area (Å²) in [6, 6.07) is 7.73. The zero-order valence-corrected chi connectivity index (χ0v) is 7.97. The van der Waals surface area contributed by atoms with Gasteiger partial charge in [0, 0.05) is 5.39 Å². The van der Waals surface area contributed by atoms with Gasteiger partial charge in [-0.05, 0) is 18.6 Å². The van der Waals surface area contributed by atoms with Gasteiger partial charge in [0.15, 0.2) is 0 Å². The number of rotatable bonds is 0. The second kappa shape index (κ2) is 3.22. The van der Waals surface area contributed by atoms with Gasteiger partial charge in [0.05, 0.1) is 5.52 Å². The molecule has 0 radical (unpaired) electrons. The molecular weight excluding hydrogens is 203 g/mol. The summed E-state index contributed by atoms with van der Waals surface area (Å²) in [6.07, 6.45) is -4.38. The minimum atomic E-state index is -4.38. The highest BCUT2D eigenvalue weighted by molar-refractivity contribution is 5.81. The van der Waals surface area contributed by atoms with E-state index in [0.29, 0.717) is 5.52 Å². The summed E-state index contributed by atoms with van der Waals surface area (Å²) < 4.78 is 37.2. The lowest BCUT2D eigenvalue weighted by atomic mass is 10.1. The van der Waals surface area contributed by atoms with Gasteiger partial charge in [-0.2, -0.15) is 13.2 Å². The van der Waals surface area contributed by atoms with Crippen molar-refractivity contribution in [3.05, 3.63) is 41.6 Å². The third kappa shape index (κ3) is 1.79. The molecule has 0 spiro atoms. The third-order valence-electron chi connectivity index (χ3n) is 2.21. The molecule has 0 unspecified atom stereocenters. The maximum atomic E-state index is 12.4. The van der Waals surface area contributed by atoms with Crippen LogP contribution in [0, 0.1) is 6.92 Å². The molecule has 0 aliphatic rings. The fourth-order valence-corrected chi connectivity index (χ4v) is 1.45. The fourth-order valence-electron chi connectivity index (χ4n) is 1.45. The average molecular weight is 211 g/mol. The van der Waals surface area contributed by atoms with Gasteiger partial charge < -0.3 is 0 Å². The number of aryl methyl sites for hydroxylation is 1. The Morgan fingerprint density at radius 2 is 1.80 bits per heavy atom. The Bertz CT molecular complexity index is 503. The first-order valence-corrected chi connectivity index (χ1v) is 4.42. The molecule has 1 heterocycles.